The molecular weight excluding hydrogens is 336 g/mol. The molecule has 1 aromatic heterocycles. The Bertz CT molecular complexity index is 772. The van der Waals surface area contributed by atoms with Crippen LogP contribution >= 0.6 is 11.3 Å². The van der Waals surface area contributed by atoms with E-state index in [0.29, 0.717) is 18.8 Å². The standard InChI is InChI=1S/C18H22N4O2S/c1-11-4-6-13(7-5-11)14-8-22(9-15(14)20-12(2)23)17(24)16-10-25-18(19-3)21-16/h4-7,10,14-15H,8-9H2,1-3H3,(H,19,21)(H,20,23)/t14-,15+/m0/s1. The maximum absolute atomic E-state index is 12.8. The molecule has 1 saturated heterocycles. The lowest BCUT2D eigenvalue weighted by molar-refractivity contribution is -0.119. The molecule has 2 amide bonds. The van der Waals surface area contributed by atoms with Gasteiger partial charge in [0.1, 0.15) is 5.69 Å². The number of carbonyl (C=O) groups is 2. The molecule has 2 aromatic rings. The summed E-state index contributed by atoms with van der Waals surface area (Å²) < 4.78 is 0. The number of anilines is 1. The summed E-state index contributed by atoms with van der Waals surface area (Å²) in [7, 11) is 1.78. The highest BCUT2D eigenvalue weighted by Crippen LogP contribution is 2.29. The second kappa shape index (κ2) is 7.23. The van der Waals surface area contributed by atoms with Crippen molar-refractivity contribution in [3.63, 3.8) is 0 Å². The van der Waals surface area contributed by atoms with E-state index in [1.807, 2.05) is 6.92 Å². The summed E-state index contributed by atoms with van der Waals surface area (Å²) in [6.07, 6.45) is 0. The fourth-order valence-electron chi connectivity index (χ4n) is 3.18. The molecule has 1 aliphatic heterocycles. The molecule has 6 nitrogen and oxygen atoms in total. The van der Waals surface area contributed by atoms with Gasteiger partial charge in [-0.3, -0.25) is 9.59 Å². The number of amides is 2. The van der Waals surface area contributed by atoms with Crippen LogP contribution in [0.15, 0.2) is 29.6 Å². The first-order valence-electron chi connectivity index (χ1n) is 8.24. The minimum absolute atomic E-state index is 0.0795. The van der Waals surface area contributed by atoms with E-state index in [2.05, 4.69) is 39.9 Å². The molecule has 0 saturated carbocycles. The summed E-state index contributed by atoms with van der Waals surface area (Å²) in [6.45, 7) is 4.61. The molecule has 2 N–H and O–H groups in total. The minimum Gasteiger partial charge on any atom is -0.365 e. The molecule has 2 atom stereocenters. The van der Waals surface area contributed by atoms with Gasteiger partial charge in [-0.05, 0) is 12.5 Å². The lowest BCUT2D eigenvalue weighted by Crippen LogP contribution is -2.39. The molecule has 2 heterocycles. The SMILES string of the molecule is CNc1nc(C(=O)N2C[C@@H](NC(C)=O)[C@H](c3ccc(C)cc3)C2)cs1. The quantitative estimate of drug-likeness (QED) is 0.879. The van der Waals surface area contributed by atoms with E-state index in [-0.39, 0.29) is 23.8 Å². The van der Waals surface area contributed by atoms with Gasteiger partial charge in [0.25, 0.3) is 5.91 Å². The van der Waals surface area contributed by atoms with Crippen LogP contribution in [0.5, 0.6) is 0 Å². The Labute approximate surface area is 151 Å². The first-order chi connectivity index (χ1) is 12.0. The first kappa shape index (κ1) is 17.4. The predicted molar refractivity (Wildman–Crippen MR) is 99.1 cm³/mol. The summed E-state index contributed by atoms with van der Waals surface area (Å²) in [6, 6.07) is 8.18. The molecule has 132 valence electrons. The summed E-state index contributed by atoms with van der Waals surface area (Å²) >= 11 is 1.41. The third-order valence-electron chi connectivity index (χ3n) is 4.44. The highest BCUT2D eigenvalue weighted by atomic mass is 32.1. The Morgan fingerprint density at radius 2 is 1.96 bits per heavy atom. The normalized spacial score (nSPS) is 19.7. The van der Waals surface area contributed by atoms with Gasteiger partial charge in [0.15, 0.2) is 5.13 Å². The van der Waals surface area contributed by atoms with Crippen LogP contribution in [-0.4, -0.2) is 47.9 Å². The average Bonchev–Trinajstić information content (AvgIpc) is 3.21. The van der Waals surface area contributed by atoms with Crippen molar-refractivity contribution in [3.8, 4) is 0 Å². The molecule has 0 spiro atoms. The summed E-state index contributed by atoms with van der Waals surface area (Å²) in [5.41, 5.74) is 2.77. The molecule has 1 aliphatic rings. The molecule has 0 bridgehead atoms. The van der Waals surface area contributed by atoms with E-state index in [1.165, 1.54) is 23.8 Å². The molecule has 25 heavy (non-hydrogen) atoms. The van der Waals surface area contributed by atoms with E-state index < -0.39 is 0 Å². The Morgan fingerprint density at radius 3 is 2.56 bits per heavy atom. The molecule has 1 fully saturated rings. The number of nitrogens with one attached hydrogen (secondary N) is 2. The van der Waals surface area contributed by atoms with Crippen LogP contribution < -0.4 is 10.6 Å². The number of likely N-dealkylation sites (tertiary alicyclic amines) is 1. The highest BCUT2D eigenvalue weighted by molar-refractivity contribution is 7.13. The van der Waals surface area contributed by atoms with Crippen molar-refractivity contribution in [2.24, 2.45) is 0 Å². The zero-order valence-electron chi connectivity index (χ0n) is 14.6. The minimum atomic E-state index is -0.0947. The Hall–Kier alpha value is -2.41. The van der Waals surface area contributed by atoms with Crippen LogP contribution in [0.1, 0.15) is 34.5 Å². The largest absolute Gasteiger partial charge is 0.365 e. The number of nitrogens with zero attached hydrogens (tertiary/aromatic N) is 2. The van der Waals surface area contributed by atoms with Crippen molar-refractivity contribution in [1.82, 2.24) is 15.2 Å². The zero-order valence-corrected chi connectivity index (χ0v) is 15.4. The predicted octanol–water partition coefficient (Wildman–Crippen LogP) is 2.24. The number of thiazole rings is 1. The van der Waals surface area contributed by atoms with Gasteiger partial charge in [0.2, 0.25) is 5.91 Å². The number of hydrogen-bond acceptors (Lipinski definition) is 5. The van der Waals surface area contributed by atoms with Crippen LogP contribution in [0, 0.1) is 6.92 Å². The van der Waals surface area contributed by atoms with Crippen molar-refractivity contribution in [2.45, 2.75) is 25.8 Å². The molecule has 0 unspecified atom stereocenters. The zero-order chi connectivity index (χ0) is 18.0. The Kier molecular flexibility index (Phi) is 5.03. The average molecular weight is 358 g/mol. The maximum Gasteiger partial charge on any atom is 0.273 e. The van der Waals surface area contributed by atoms with E-state index in [4.69, 9.17) is 0 Å². The summed E-state index contributed by atoms with van der Waals surface area (Å²) in [4.78, 5) is 30.4. The van der Waals surface area contributed by atoms with Gasteiger partial charge in [-0.25, -0.2) is 4.98 Å². The fraction of sp³-hybridized carbons (Fsp3) is 0.389. The van der Waals surface area contributed by atoms with Gasteiger partial charge in [-0.15, -0.1) is 11.3 Å². The Balaban J connectivity index is 1.81. The summed E-state index contributed by atoms with van der Waals surface area (Å²) in [5.74, 6) is -0.0962. The van der Waals surface area contributed by atoms with Gasteiger partial charge in [-0.1, -0.05) is 29.8 Å². The third-order valence-corrected chi connectivity index (χ3v) is 5.30. The molecule has 7 heteroatoms. The second-order valence-corrected chi connectivity index (χ2v) is 7.18. The van der Waals surface area contributed by atoms with Crippen LogP contribution in [0.4, 0.5) is 5.13 Å². The van der Waals surface area contributed by atoms with Crippen molar-refractivity contribution < 1.29 is 9.59 Å². The van der Waals surface area contributed by atoms with Gasteiger partial charge >= 0.3 is 0 Å². The fourth-order valence-corrected chi connectivity index (χ4v) is 3.82. The van der Waals surface area contributed by atoms with Gasteiger partial charge < -0.3 is 15.5 Å². The van der Waals surface area contributed by atoms with E-state index in [1.54, 1.807) is 17.3 Å². The lowest BCUT2D eigenvalue weighted by Gasteiger charge is -2.19. The summed E-state index contributed by atoms with van der Waals surface area (Å²) in [5, 5.41) is 8.43. The molecule has 0 aliphatic carbocycles. The van der Waals surface area contributed by atoms with Gasteiger partial charge in [0, 0.05) is 38.4 Å². The number of aromatic nitrogens is 1. The lowest BCUT2D eigenvalue weighted by atomic mass is 9.93. The smallest absolute Gasteiger partial charge is 0.273 e. The van der Waals surface area contributed by atoms with Crippen LogP contribution in [0.2, 0.25) is 0 Å². The third kappa shape index (κ3) is 3.82. The number of benzene rings is 1. The van der Waals surface area contributed by atoms with E-state index in [9.17, 15) is 9.59 Å². The number of carbonyl (C=O) groups excluding carboxylic acids is 2. The van der Waals surface area contributed by atoms with Crippen LogP contribution in [0.3, 0.4) is 0 Å². The van der Waals surface area contributed by atoms with Crippen molar-refractivity contribution in [2.75, 3.05) is 25.5 Å². The monoisotopic (exact) mass is 358 g/mol. The van der Waals surface area contributed by atoms with Crippen molar-refractivity contribution in [1.29, 1.82) is 0 Å². The topological polar surface area (TPSA) is 74.3 Å². The number of rotatable bonds is 4. The van der Waals surface area contributed by atoms with E-state index in [0.717, 1.165) is 10.7 Å². The van der Waals surface area contributed by atoms with E-state index >= 15 is 0 Å². The molecule has 0 radical (unpaired) electrons. The van der Waals surface area contributed by atoms with Crippen molar-refractivity contribution in [3.05, 3.63) is 46.5 Å². The van der Waals surface area contributed by atoms with Crippen LogP contribution in [0.25, 0.3) is 0 Å². The molecular formula is C18H22N4O2S. The van der Waals surface area contributed by atoms with Crippen LogP contribution in [-0.2, 0) is 4.79 Å². The highest BCUT2D eigenvalue weighted by Gasteiger charge is 2.37. The second-order valence-electron chi connectivity index (χ2n) is 6.32. The van der Waals surface area contributed by atoms with Gasteiger partial charge in [0.05, 0.1) is 6.04 Å². The maximum atomic E-state index is 12.8. The number of hydrogen-bond donors (Lipinski definition) is 2. The first-order valence-corrected chi connectivity index (χ1v) is 9.12. The molecule has 1 aromatic carbocycles. The van der Waals surface area contributed by atoms with Crippen molar-refractivity contribution >= 4 is 28.3 Å². The molecule has 3 rings (SSSR count). The number of aryl methyl sites for hydroxylation is 1. The Morgan fingerprint density at radius 1 is 1.24 bits per heavy atom. The van der Waals surface area contributed by atoms with Gasteiger partial charge in [-0.2, -0.15) is 0 Å².